The molecule has 158 valence electrons. The largest absolute Gasteiger partial charge is 0.481 e. The summed E-state index contributed by atoms with van der Waals surface area (Å²) in [5.41, 5.74) is 2.18. The van der Waals surface area contributed by atoms with Gasteiger partial charge in [0.15, 0.2) is 5.17 Å². The smallest absolute Gasteiger partial charge is 0.305 e. The molecule has 1 atom stereocenters. The Bertz CT molecular complexity index is 743. The van der Waals surface area contributed by atoms with Gasteiger partial charge in [0.05, 0.1) is 12.6 Å². The topological polar surface area (TPSA) is 94.4 Å². The average molecular weight is 419 g/mol. The van der Waals surface area contributed by atoms with E-state index in [0.717, 1.165) is 37.0 Å². The van der Waals surface area contributed by atoms with Gasteiger partial charge < -0.3 is 10.4 Å². The fourth-order valence-electron chi connectivity index (χ4n) is 2.97. The van der Waals surface area contributed by atoms with E-state index in [1.807, 2.05) is 18.2 Å². The molecule has 0 aromatic heterocycles. The van der Waals surface area contributed by atoms with Crippen LogP contribution in [0.15, 0.2) is 34.5 Å². The van der Waals surface area contributed by atoms with E-state index < -0.39 is 11.2 Å². The van der Waals surface area contributed by atoms with Crippen molar-refractivity contribution >= 4 is 35.0 Å². The molecule has 0 bridgehead atoms. The quantitative estimate of drug-likeness (QED) is 0.400. The number of carbonyl (C=O) groups is 2. The number of benzene rings is 1. The number of nitrogens with zero attached hydrogens (tertiary/aromatic N) is 3. The zero-order valence-corrected chi connectivity index (χ0v) is 18.0. The first-order valence-electron chi connectivity index (χ1n) is 10.1. The second kappa shape index (κ2) is 12.4. The van der Waals surface area contributed by atoms with Gasteiger partial charge in [-0.15, -0.1) is 5.10 Å². The van der Waals surface area contributed by atoms with Crippen molar-refractivity contribution in [2.75, 3.05) is 13.1 Å². The predicted molar refractivity (Wildman–Crippen MR) is 118 cm³/mol. The Labute approximate surface area is 176 Å². The van der Waals surface area contributed by atoms with Gasteiger partial charge in [0.25, 0.3) is 0 Å². The number of aliphatic carboxylic acids is 1. The summed E-state index contributed by atoms with van der Waals surface area (Å²) in [6.07, 6.45) is 6.18. The minimum absolute atomic E-state index is 0.229. The van der Waals surface area contributed by atoms with E-state index in [4.69, 9.17) is 5.11 Å². The van der Waals surface area contributed by atoms with E-state index in [1.165, 1.54) is 31.2 Å². The highest BCUT2D eigenvalue weighted by Gasteiger charge is 2.32. The van der Waals surface area contributed by atoms with Gasteiger partial charge in [0.1, 0.15) is 5.25 Å². The number of hydrogen-bond donors (Lipinski definition) is 2. The summed E-state index contributed by atoms with van der Waals surface area (Å²) in [6.45, 7) is 7.44. The molecule has 1 aliphatic rings. The summed E-state index contributed by atoms with van der Waals surface area (Å²) in [5.74, 6) is -1.35. The number of nitrogens with one attached hydrogen (secondary N) is 1. The lowest BCUT2D eigenvalue weighted by molar-refractivity contribution is -0.138. The van der Waals surface area contributed by atoms with Crippen molar-refractivity contribution in [2.24, 2.45) is 10.2 Å². The van der Waals surface area contributed by atoms with Crippen LogP contribution in [0.25, 0.3) is 0 Å². The Balaban J connectivity index is 2.04. The van der Waals surface area contributed by atoms with Gasteiger partial charge in [-0.25, -0.2) is 0 Å². The molecule has 29 heavy (non-hydrogen) atoms. The molecule has 1 aromatic carbocycles. The summed E-state index contributed by atoms with van der Waals surface area (Å²) >= 11 is 1.10. The fraction of sp³-hybridized carbons (Fsp3) is 0.524. The molecule has 1 amide bonds. The fourth-order valence-corrected chi connectivity index (χ4v) is 3.88. The van der Waals surface area contributed by atoms with Crippen LogP contribution in [-0.4, -0.2) is 51.6 Å². The molecule has 2 rings (SSSR count). The van der Waals surface area contributed by atoms with Crippen LogP contribution in [0.2, 0.25) is 0 Å². The van der Waals surface area contributed by atoms with Crippen molar-refractivity contribution in [1.29, 1.82) is 0 Å². The first-order valence-corrected chi connectivity index (χ1v) is 11.0. The third-order valence-electron chi connectivity index (χ3n) is 4.59. The Morgan fingerprint density at radius 1 is 1.24 bits per heavy atom. The summed E-state index contributed by atoms with van der Waals surface area (Å²) in [6, 6.07) is 8.11. The van der Waals surface area contributed by atoms with Gasteiger partial charge in [0, 0.05) is 6.54 Å². The zero-order chi connectivity index (χ0) is 21.1. The maximum atomic E-state index is 11.8. The third-order valence-corrected chi connectivity index (χ3v) is 5.66. The van der Waals surface area contributed by atoms with Crippen LogP contribution in [0, 0.1) is 0 Å². The summed E-state index contributed by atoms with van der Waals surface area (Å²) in [7, 11) is 0. The number of amidine groups is 1. The first kappa shape index (κ1) is 23.1. The number of amides is 1. The molecule has 1 fully saturated rings. The number of unbranched alkanes of at least 4 members (excludes halogenated alkanes) is 2. The van der Waals surface area contributed by atoms with Gasteiger partial charge >= 0.3 is 5.97 Å². The first-order chi connectivity index (χ1) is 14.0. The number of carboxylic acids is 1. The summed E-state index contributed by atoms with van der Waals surface area (Å²) in [4.78, 5) is 25.0. The standard InChI is InChI=1S/C21H30N4O3S/c1-3-5-11-25(12-6-4-2)15-17-10-8-7-9-16(17)14-22-24-21-23-20(28)18(29-21)13-19(26)27/h7-10,14,18H,3-6,11-13,15H2,1-2H3,(H,26,27)(H,23,24,28). The molecule has 1 heterocycles. The molecule has 1 saturated heterocycles. The van der Waals surface area contributed by atoms with Crippen molar-refractivity contribution in [3.05, 3.63) is 35.4 Å². The van der Waals surface area contributed by atoms with E-state index in [9.17, 15) is 9.59 Å². The lowest BCUT2D eigenvalue weighted by atomic mass is 10.1. The van der Waals surface area contributed by atoms with Crippen LogP contribution in [0.3, 0.4) is 0 Å². The highest BCUT2D eigenvalue weighted by molar-refractivity contribution is 8.15. The van der Waals surface area contributed by atoms with E-state index in [2.05, 4.69) is 40.3 Å². The number of rotatable bonds is 12. The maximum Gasteiger partial charge on any atom is 0.305 e. The van der Waals surface area contributed by atoms with E-state index in [1.54, 1.807) is 6.21 Å². The van der Waals surface area contributed by atoms with Crippen LogP contribution >= 0.6 is 11.8 Å². The second-order valence-electron chi connectivity index (χ2n) is 7.03. The number of hydrogen-bond acceptors (Lipinski definition) is 6. The van der Waals surface area contributed by atoms with Crippen LogP contribution in [0.5, 0.6) is 0 Å². The molecule has 0 spiro atoms. The molecule has 0 aliphatic carbocycles. The monoisotopic (exact) mass is 418 g/mol. The molecule has 1 aliphatic heterocycles. The predicted octanol–water partition coefficient (Wildman–Crippen LogP) is 3.49. The van der Waals surface area contributed by atoms with Crippen molar-refractivity contribution < 1.29 is 14.7 Å². The number of thioether (sulfide) groups is 1. The Kier molecular flexibility index (Phi) is 9.87. The number of carboxylic acid groups (broad SMARTS) is 1. The molecule has 0 radical (unpaired) electrons. The van der Waals surface area contributed by atoms with Gasteiger partial charge in [-0.3, -0.25) is 14.5 Å². The zero-order valence-electron chi connectivity index (χ0n) is 17.1. The van der Waals surface area contributed by atoms with Crippen LogP contribution in [0.4, 0.5) is 0 Å². The summed E-state index contributed by atoms with van der Waals surface area (Å²) in [5, 5.41) is 19.3. The third kappa shape index (κ3) is 7.98. The van der Waals surface area contributed by atoms with E-state index in [-0.39, 0.29) is 12.3 Å². The van der Waals surface area contributed by atoms with Crippen LogP contribution in [0.1, 0.15) is 57.1 Å². The minimum Gasteiger partial charge on any atom is -0.481 e. The Hall–Kier alpha value is -2.19. The average Bonchev–Trinajstić information content (AvgIpc) is 3.03. The van der Waals surface area contributed by atoms with Crippen molar-refractivity contribution in [1.82, 2.24) is 10.2 Å². The van der Waals surface area contributed by atoms with E-state index in [0.29, 0.717) is 5.17 Å². The lowest BCUT2D eigenvalue weighted by Crippen LogP contribution is -2.26. The van der Waals surface area contributed by atoms with Gasteiger partial charge in [-0.05, 0) is 37.1 Å². The molecule has 0 saturated carbocycles. The molecule has 2 N–H and O–H groups in total. The molecule has 7 nitrogen and oxygen atoms in total. The molecule has 1 aromatic rings. The van der Waals surface area contributed by atoms with Crippen molar-refractivity contribution in [3.8, 4) is 0 Å². The van der Waals surface area contributed by atoms with Crippen molar-refractivity contribution in [2.45, 2.75) is 57.7 Å². The van der Waals surface area contributed by atoms with Crippen LogP contribution < -0.4 is 5.32 Å². The Morgan fingerprint density at radius 2 is 1.93 bits per heavy atom. The molecule has 8 heteroatoms. The minimum atomic E-state index is -1.01. The molecule has 1 unspecified atom stereocenters. The normalized spacial score (nSPS) is 18.1. The van der Waals surface area contributed by atoms with Crippen LogP contribution in [-0.2, 0) is 16.1 Å². The maximum absolute atomic E-state index is 11.8. The van der Waals surface area contributed by atoms with E-state index >= 15 is 0 Å². The molecular formula is C21H30N4O3S. The molecular weight excluding hydrogens is 388 g/mol. The van der Waals surface area contributed by atoms with Gasteiger partial charge in [-0.1, -0.05) is 62.7 Å². The number of carbonyl (C=O) groups excluding carboxylic acids is 1. The Morgan fingerprint density at radius 3 is 2.59 bits per heavy atom. The van der Waals surface area contributed by atoms with Gasteiger partial charge in [-0.2, -0.15) is 5.10 Å². The summed E-state index contributed by atoms with van der Waals surface area (Å²) < 4.78 is 0. The lowest BCUT2D eigenvalue weighted by Gasteiger charge is -2.22. The van der Waals surface area contributed by atoms with Crippen molar-refractivity contribution in [3.63, 3.8) is 0 Å². The second-order valence-corrected chi connectivity index (χ2v) is 8.22. The highest BCUT2D eigenvalue weighted by Crippen LogP contribution is 2.22. The van der Waals surface area contributed by atoms with Gasteiger partial charge in [0.2, 0.25) is 5.91 Å². The highest BCUT2D eigenvalue weighted by atomic mass is 32.2. The SMILES string of the molecule is CCCCN(CCCC)Cc1ccccc1C=NN=C1NC(=O)C(CC(=O)O)S1.